The molecule has 3 aliphatic carbocycles. The Balaban J connectivity index is 1.99. The second-order valence-electron chi connectivity index (χ2n) is 7.34. The van der Waals surface area contributed by atoms with Crippen LogP contribution in [0, 0.1) is 17.3 Å². The number of rotatable bonds is 2. The lowest BCUT2D eigenvalue weighted by molar-refractivity contribution is 0.0893. The van der Waals surface area contributed by atoms with Crippen LogP contribution in [-0.2, 0) is 0 Å². The van der Waals surface area contributed by atoms with Gasteiger partial charge in [0.1, 0.15) is 0 Å². The standard InChI is InChI=1S/C19H29N/c1-13-7-8-15-9-10-17-16(14(2)20-4)6-5-11-19(17,3)18(15)12-13/h12,16-17,20H,2,5-11H2,1,3-4H3. The molecule has 0 spiro atoms. The minimum Gasteiger partial charge on any atom is -0.392 e. The van der Waals surface area contributed by atoms with Crippen molar-refractivity contribution in [1.82, 2.24) is 5.32 Å². The van der Waals surface area contributed by atoms with Crippen LogP contribution < -0.4 is 5.32 Å². The molecule has 0 aromatic rings. The molecule has 0 heterocycles. The van der Waals surface area contributed by atoms with Gasteiger partial charge in [-0.1, -0.05) is 37.1 Å². The SMILES string of the molecule is C=C(NC)C1CCCC2(C)C3=C(CCC(C)=C3)CCC12. The first-order valence-corrected chi connectivity index (χ1v) is 8.32. The van der Waals surface area contributed by atoms with Crippen LogP contribution in [0.4, 0.5) is 0 Å². The Bertz CT molecular complexity index is 482. The van der Waals surface area contributed by atoms with Crippen molar-refractivity contribution < 1.29 is 0 Å². The highest BCUT2D eigenvalue weighted by molar-refractivity contribution is 5.41. The maximum absolute atomic E-state index is 4.30. The molecule has 0 aliphatic heterocycles. The van der Waals surface area contributed by atoms with Gasteiger partial charge >= 0.3 is 0 Å². The molecule has 0 aromatic heterocycles. The van der Waals surface area contributed by atoms with Crippen molar-refractivity contribution in [2.24, 2.45) is 17.3 Å². The molecule has 0 bridgehead atoms. The maximum Gasteiger partial charge on any atom is 0.00656 e. The van der Waals surface area contributed by atoms with Crippen LogP contribution in [0.15, 0.2) is 35.1 Å². The normalized spacial score (nSPS) is 36.9. The first-order valence-electron chi connectivity index (χ1n) is 8.32. The fourth-order valence-electron chi connectivity index (χ4n) is 5.04. The predicted molar refractivity (Wildman–Crippen MR) is 86.4 cm³/mol. The monoisotopic (exact) mass is 271 g/mol. The van der Waals surface area contributed by atoms with Crippen molar-refractivity contribution >= 4 is 0 Å². The van der Waals surface area contributed by atoms with Gasteiger partial charge in [0.2, 0.25) is 0 Å². The zero-order valence-electron chi connectivity index (χ0n) is 13.4. The molecule has 1 fully saturated rings. The smallest absolute Gasteiger partial charge is 0.00656 e. The number of fused-ring (bicyclic) bond motifs is 2. The highest BCUT2D eigenvalue weighted by atomic mass is 14.8. The van der Waals surface area contributed by atoms with Gasteiger partial charge in [-0.3, -0.25) is 0 Å². The van der Waals surface area contributed by atoms with Crippen molar-refractivity contribution in [1.29, 1.82) is 0 Å². The summed E-state index contributed by atoms with van der Waals surface area (Å²) < 4.78 is 0. The number of allylic oxidation sites excluding steroid dienone is 5. The van der Waals surface area contributed by atoms with Crippen LogP contribution >= 0.6 is 0 Å². The lowest BCUT2D eigenvalue weighted by Gasteiger charge is -2.52. The largest absolute Gasteiger partial charge is 0.392 e. The van der Waals surface area contributed by atoms with Gasteiger partial charge in [0.25, 0.3) is 0 Å². The van der Waals surface area contributed by atoms with Crippen LogP contribution in [0.5, 0.6) is 0 Å². The van der Waals surface area contributed by atoms with E-state index in [1.807, 2.05) is 7.05 Å². The first kappa shape index (κ1) is 14.0. The number of nitrogens with one attached hydrogen (secondary N) is 1. The van der Waals surface area contributed by atoms with Crippen LogP contribution in [0.25, 0.3) is 0 Å². The Labute approximate surface area is 124 Å². The summed E-state index contributed by atoms with van der Waals surface area (Å²) in [6.45, 7) is 9.14. The molecule has 3 rings (SSSR count). The van der Waals surface area contributed by atoms with E-state index < -0.39 is 0 Å². The molecule has 20 heavy (non-hydrogen) atoms. The highest BCUT2D eigenvalue weighted by Gasteiger charge is 2.47. The third-order valence-electron chi connectivity index (χ3n) is 6.25. The van der Waals surface area contributed by atoms with E-state index >= 15 is 0 Å². The van der Waals surface area contributed by atoms with E-state index in [2.05, 4.69) is 31.8 Å². The summed E-state index contributed by atoms with van der Waals surface area (Å²) in [5.74, 6) is 1.46. The van der Waals surface area contributed by atoms with Gasteiger partial charge in [-0.2, -0.15) is 0 Å². The molecule has 110 valence electrons. The summed E-state index contributed by atoms with van der Waals surface area (Å²) in [7, 11) is 2.03. The molecule has 1 saturated carbocycles. The maximum atomic E-state index is 4.30. The lowest BCUT2D eigenvalue weighted by Crippen LogP contribution is -2.43. The Morgan fingerprint density at radius 1 is 1.30 bits per heavy atom. The summed E-state index contributed by atoms with van der Waals surface area (Å²) in [4.78, 5) is 0. The molecule has 3 atom stereocenters. The van der Waals surface area contributed by atoms with Crippen molar-refractivity contribution in [3.05, 3.63) is 35.1 Å². The predicted octanol–water partition coefficient (Wildman–Crippen LogP) is 4.97. The first-order chi connectivity index (χ1) is 9.56. The van der Waals surface area contributed by atoms with E-state index in [9.17, 15) is 0 Å². The second kappa shape index (κ2) is 5.09. The van der Waals surface area contributed by atoms with Gasteiger partial charge in [-0.25, -0.2) is 0 Å². The Hall–Kier alpha value is -0.980. The number of hydrogen-bond donors (Lipinski definition) is 1. The fraction of sp³-hybridized carbons (Fsp3) is 0.684. The quantitative estimate of drug-likeness (QED) is 0.747. The number of hydrogen-bond acceptors (Lipinski definition) is 1. The summed E-state index contributed by atoms with van der Waals surface area (Å²) in [6.07, 6.45) is 11.9. The Morgan fingerprint density at radius 2 is 2.10 bits per heavy atom. The zero-order chi connectivity index (χ0) is 14.3. The average molecular weight is 271 g/mol. The molecule has 0 aromatic carbocycles. The van der Waals surface area contributed by atoms with Crippen LogP contribution in [0.2, 0.25) is 0 Å². The second-order valence-corrected chi connectivity index (χ2v) is 7.34. The fourth-order valence-corrected chi connectivity index (χ4v) is 5.04. The van der Waals surface area contributed by atoms with Crippen molar-refractivity contribution in [2.75, 3.05) is 7.05 Å². The van der Waals surface area contributed by atoms with E-state index in [1.54, 1.807) is 16.7 Å². The third-order valence-corrected chi connectivity index (χ3v) is 6.25. The zero-order valence-corrected chi connectivity index (χ0v) is 13.4. The van der Waals surface area contributed by atoms with Crippen molar-refractivity contribution in [3.8, 4) is 0 Å². The van der Waals surface area contributed by atoms with E-state index in [1.165, 1.54) is 50.6 Å². The topological polar surface area (TPSA) is 12.0 Å². The lowest BCUT2D eigenvalue weighted by atomic mass is 9.53. The molecular formula is C19H29N. The average Bonchev–Trinajstić information content (AvgIpc) is 2.45. The van der Waals surface area contributed by atoms with E-state index in [-0.39, 0.29) is 0 Å². The molecule has 0 radical (unpaired) electrons. The summed E-state index contributed by atoms with van der Waals surface area (Å²) in [6, 6.07) is 0. The Kier molecular flexibility index (Phi) is 3.56. The van der Waals surface area contributed by atoms with Crippen LogP contribution in [0.3, 0.4) is 0 Å². The van der Waals surface area contributed by atoms with Gasteiger partial charge < -0.3 is 5.32 Å². The minimum atomic E-state index is 0.401. The van der Waals surface area contributed by atoms with Gasteiger partial charge in [-0.15, -0.1) is 0 Å². The van der Waals surface area contributed by atoms with Crippen molar-refractivity contribution in [3.63, 3.8) is 0 Å². The Morgan fingerprint density at radius 3 is 2.85 bits per heavy atom. The van der Waals surface area contributed by atoms with E-state index in [0.29, 0.717) is 11.3 Å². The molecule has 1 nitrogen and oxygen atoms in total. The minimum absolute atomic E-state index is 0.401. The summed E-state index contributed by atoms with van der Waals surface area (Å²) in [5.41, 5.74) is 6.73. The third kappa shape index (κ3) is 2.06. The molecule has 1 heteroatoms. The van der Waals surface area contributed by atoms with Gasteiger partial charge in [0.15, 0.2) is 0 Å². The van der Waals surface area contributed by atoms with Gasteiger partial charge in [0.05, 0.1) is 0 Å². The molecule has 1 N–H and O–H groups in total. The van der Waals surface area contributed by atoms with Crippen molar-refractivity contribution in [2.45, 2.75) is 58.8 Å². The highest BCUT2D eigenvalue weighted by Crippen LogP contribution is 2.58. The van der Waals surface area contributed by atoms with Crippen LogP contribution in [-0.4, -0.2) is 7.05 Å². The van der Waals surface area contributed by atoms with Gasteiger partial charge in [-0.05, 0) is 62.4 Å². The van der Waals surface area contributed by atoms with Crippen LogP contribution in [0.1, 0.15) is 58.8 Å². The molecule has 3 aliphatic rings. The molecule has 0 amide bonds. The molecule has 0 saturated heterocycles. The molecular weight excluding hydrogens is 242 g/mol. The van der Waals surface area contributed by atoms with Gasteiger partial charge in [0, 0.05) is 18.7 Å². The summed E-state index contributed by atoms with van der Waals surface area (Å²) in [5, 5.41) is 3.34. The molecule has 3 unspecified atom stereocenters. The summed E-state index contributed by atoms with van der Waals surface area (Å²) >= 11 is 0. The van der Waals surface area contributed by atoms with E-state index in [0.717, 1.165) is 5.92 Å². The van der Waals surface area contributed by atoms with E-state index in [4.69, 9.17) is 0 Å².